The molecule has 4 aromatic rings. The highest BCUT2D eigenvalue weighted by Crippen LogP contribution is 2.29. The molecular formula is C24H22N2O2. The van der Waals surface area contributed by atoms with Crippen molar-refractivity contribution in [1.29, 1.82) is 0 Å². The Kier molecular flexibility index (Phi) is 5.20. The first-order chi connectivity index (χ1) is 13.8. The second kappa shape index (κ2) is 8.09. The summed E-state index contributed by atoms with van der Waals surface area (Å²) in [5.74, 6) is 1.19. The van der Waals surface area contributed by atoms with Crippen molar-refractivity contribution < 1.29 is 8.83 Å². The summed E-state index contributed by atoms with van der Waals surface area (Å²) in [6.07, 6.45) is 12.2. The first-order valence-corrected chi connectivity index (χ1v) is 9.58. The van der Waals surface area contributed by atoms with Crippen LogP contribution in [0.3, 0.4) is 0 Å². The van der Waals surface area contributed by atoms with Crippen LogP contribution in [-0.2, 0) is 0 Å². The third-order valence-electron chi connectivity index (χ3n) is 4.35. The summed E-state index contributed by atoms with van der Waals surface area (Å²) in [4.78, 5) is 9.28. The molecule has 140 valence electrons. The Bertz CT molecular complexity index is 1130. The van der Waals surface area contributed by atoms with Gasteiger partial charge in [-0.25, -0.2) is 9.97 Å². The zero-order valence-corrected chi connectivity index (χ0v) is 16.1. The molecule has 0 aliphatic carbocycles. The number of nitrogens with zero attached hydrogens (tertiary/aromatic N) is 2. The molecule has 2 aromatic heterocycles. The normalized spacial score (nSPS) is 12.9. The molecular weight excluding hydrogens is 348 g/mol. The highest BCUT2D eigenvalue weighted by atomic mass is 16.4. The Morgan fingerprint density at radius 2 is 1.64 bits per heavy atom. The SMILES string of the molecule is CC\C=C/C=C(\C=C/CC)c1nc2cc3nc(-c4ccccc4)oc3cc2o1. The van der Waals surface area contributed by atoms with E-state index < -0.39 is 0 Å². The average Bonchev–Trinajstić information content (AvgIpc) is 3.32. The molecule has 4 heteroatoms. The number of allylic oxidation sites excluding steroid dienone is 6. The minimum absolute atomic E-state index is 0.594. The number of hydrogen-bond donors (Lipinski definition) is 0. The molecule has 4 rings (SSSR count). The molecule has 28 heavy (non-hydrogen) atoms. The van der Waals surface area contributed by atoms with Gasteiger partial charge in [0.15, 0.2) is 11.2 Å². The minimum Gasteiger partial charge on any atom is -0.436 e. The molecule has 0 aliphatic heterocycles. The van der Waals surface area contributed by atoms with Gasteiger partial charge in [-0.3, -0.25) is 0 Å². The van der Waals surface area contributed by atoms with Crippen molar-refractivity contribution in [3.63, 3.8) is 0 Å². The molecule has 4 nitrogen and oxygen atoms in total. The number of oxazole rings is 2. The van der Waals surface area contributed by atoms with Crippen molar-refractivity contribution in [3.8, 4) is 11.5 Å². The van der Waals surface area contributed by atoms with Gasteiger partial charge in [0.25, 0.3) is 0 Å². The highest BCUT2D eigenvalue weighted by molar-refractivity contribution is 5.91. The van der Waals surface area contributed by atoms with Crippen molar-refractivity contribution in [2.24, 2.45) is 0 Å². The smallest absolute Gasteiger partial charge is 0.227 e. The van der Waals surface area contributed by atoms with Crippen LogP contribution in [0.1, 0.15) is 32.6 Å². The summed E-state index contributed by atoms with van der Waals surface area (Å²) in [7, 11) is 0. The second-order valence-corrected chi connectivity index (χ2v) is 6.46. The Hall–Kier alpha value is -3.40. The van der Waals surface area contributed by atoms with Crippen LogP contribution in [0.4, 0.5) is 0 Å². The molecule has 0 amide bonds. The number of aromatic nitrogens is 2. The van der Waals surface area contributed by atoms with E-state index in [0.29, 0.717) is 22.9 Å². The van der Waals surface area contributed by atoms with E-state index in [4.69, 9.17) is 8.83 Å². The van der Waals surface area contributed by atoms with Gasteiger partial charge in [0.1, 0.15) is 11.0 Å². The van der Waals surface area contributed by atoms with Gasteiger partial charge < -0.3 is 8.83 Å². The molecule has 2 aromatic carbocycles. The van der Waals surface area contributed by atoms with Gasteiger partial charge in [-0.05, 0) is 37.1 Å². The predicted molar refractivity (Wildman–Crippen MR) is 114 cm³/mol. The lowest BCUT2D eigenvalue weighted by atomic mass is 10.2. The fraction of sp³-hybridized carbons (Fsp3) is 0.167. The first-order valence-electron chi connectivity index (χ1n) is 9.58. The van der Waals surface area contributed by atoms with E-state index in [2.05, 4.69) is 36.0 Å². The van der Waals surface area contributed by atoms with E-state index in [-0.39, 0.29) is 0 Å². The Balaban J connectivity index is 1.75. The molecule has 0 N–H and O–H groups in total. The maximum absolute atomic E-state index is 6.03. The van der Waals surface area contributed by atoms with Crippen LogP contribution < -0.4 is 0 Å². The van der Waals surface area contributed by atoms with Crippen molar-refractivity contribution in [2.45, 2.75) is 26.7 Å². The predicted octanol–water partition coefficient (Wildman–Crippen LogP) is 6.95. The van der Waals surface area contributed by atoms with Crippen molar-refractivity contribution in [3.05, 3.63) is 78.7 Å². The van der Waals surface area contributed by atoms with E-state index in [1.807, 2.05) is 60.7 Å². The van der Waals surface area contributed by atoms with Crippen LogP contribution in [0, 0.1) is 0 Å². The summed E-state index contributed by atoms with van der Waals surface area (Å²) in [6.45, 7) is 4.21. The van der Waals surface area contributed by atoms with Gasteiger partial charge in [-0.15, -0.1) is 0 Å². The molecule has 0 bridgehead atoms. The third kappa shape index (κ3) is 3.67. The molecule has 0 atom stereocenters. The van der Waals surface area contributed by atoms with E-state index in [1.54, 1.807) is 0 Å². The Morgan fingerprint density at radius 1 is 0.893 bits per heavy atom. The Morgan fingerprint density at radius 3 is 2.43 bits per heavy atom. The highest BCUT2D eigenvalue weighted by Gasteiger charge is 2.14. The quantitative estimate of drug-likeness (QED) is 0.345. The number of fused-ring (bicyclic) bond motifs is 2. The molecule has 0 saturated heterocycles. The zero-order valence-electron chi connectivity index (χ0n) is 16.1. The average molecular weight is 370 g/mol. The van der Waals surface area contributed by atoms with Crippen LogP contribution >= 0.6 is 0 Å². The lowest BCUT2D eigenvalue weighted by Gasteiger charge is -1.94. The number of rotatable bonds is 6. The number of hydrogen-bond acceptors (Lipinski definition) is 4. The third-order valence-corrected chi connectivity index (χ3v) is 4.35. The Labute approximate surface area is 163 Å². The van der Waals surface area contributed by atoms with Crippen molar-refractivity contribution >= 4 is 27.8 Å². The van der Waals surface area contributed by atoms with Crippen LogP contribution in [0.2, 0.25) is 0 Å². The molecule has 0 radical (unpaired) electrons. The monoisotopic (exact) mass is 370 g/mol. The molecule has 0 aliphatic rings. The van der Waals surface area contributed by atoms with E-state index in [9.17, 15) is 0 Å². The van der Waals surface area contributed by atoms with Crippen LogP contribution in [0.25, 0.3) is 39.2 Å². The summed E-state index contributed by atoms with van der Waals surface area (Å²) < 4.78 is 12.0. The minimum atomic E-state index is 0.594. The molecule has 0 fully saturated rings. The lowest BCUT2D eigenvalue weighted by molar-refractivity contribution is 0.583. The van der Waals surface area contributed by atoms with Gasteiger partial charge in [-0.1, -0.05) is 56.4 Å². The number of benzene rings is 2. The lowest BCUT2D eigenvalue weighted by Crippen LogP contribution is -1.80. The first kappa shape index (κ1) is 18.0. The molecule has 0 unspecified atom stereocenters. The van der Waals surface area contributed by atoms with Crippen molar-refractivity contribution in [1.82, 2.24) is 9.97 Å². The van der Waals surface area contributed by atoms with E-state index in [0.717, 1.165) is 35.0 Å². The van der Waals surface area contributed by atoms with Crippen LogP contribution in [-0.4, -0.2) is 9.97 Å². The van der Waals surface area contributed by atoms with E-state index in [1.165, 1.54) is 0 Å². The van der Waals surface area contributed by atoms with E-state index >= 15 is 0 Å². The summed E-state index contributed by atoms with van der Waals surface area (Å²) in [5, 5.41) is 0. The van der Waals surface area contributed by atoms with Crippen LogP contribution in [0.15, 0.2) is 81.7 Å². The second-order valence-electron chi connectivity index (χ2n) is 6.46. The van der Waals surface area contributed by atoms with Crippen LogP contribution in [0.5, 0.6) is 0 Å². The summed E-state index contributed by atoms with van der Waals surface area (Å²) in [5.41, 5.74) is 4.80. The maximum atomic E-state index is 6.03. The molecule has 2 heterocycles. The van der Waals surface area contributed by atoms with Gasteiger partial charge in [-0.2, -0.15) is 0 Å². The topological polar surface area (TPSA) is 52.1 Å². The van der Waals surface area contributed by atoms with Gasteiger partial charge in [0.05, 0.1) is 0 Å². The zero-order chi connectivity index (χ0) is 19.3. The summed E-state index contributed by atoms with van der Waals surface area (Å²) in [6, 6.07) is 13.6. The largest absolute Gasteiger partial charge is 0.436 e. The maximum Gasteiger partial charge on any atom is 0.227 e. The molecule has 0 saturated carbocycles. The fourth-order valence-electron chi connectivity index (χ4n) is 2.93. The van der Waals surface area contributed by atoms with Gasteiger partial charge >= 0.3 is 0 Å². The summed E-state index contributed by atoms with van der Waals surface area (Å²) >= 11 is 0. The van der Waals surface area contributed by atoms with Gasteiger partial charge in [0.2, 0.25) is 11.8 Å². The standard InChI is InChI=1S/C24H22N2O2/c1-3-5-8-12-17(11-6-4-2)23-25-19-15-20-22(16-21(19)27-23)28-24(26-20)18-13-9-7-10-14-18/h5-16H,3-4H2,1-2H3/b8-5-,11-6-,17-12+. The molecule has 0 spiro atoms. The van der Waals surface area contributed by atoms with Crippen molar-refractivity contribution in [2.75, 3.05) is 0 Å². The van der Waals surface area contributed by atoms with Gasteiger partial charge in [0, 0.05) is 17.2 Å². The fourth-order valence-corrected chi connectivity index (χ4v) is 2.93.